The third-order valence-corrected chi connectivity index (χ3v) is 5.16. The number of nitrogens with one attached hydrogen (secondary N) is 1. The summed E-state index contributed by atoms with van der Waals surface area (Å²) in [6, 6.07) is 19.3. The Labute approximate surface area is 161 Å². The van der Waals surface area contributed by atoms with E-state index in [-0.39, 0.29) is 5.91 Å². The quantitative estimate of drug-likeness (QED) is 0.481. The third kappa shape index (κ3) is 3.68. The number of amides is 1. The van der Waals surface area contributed by atoms with Crippen LogP contribution in [0.1, 0.15) is 21.9 Å². The van der Waals surface area contributed by atoms with Gasteiger partial charge in [-0.2, -0.15) is 0 Å². The summed E-state index contributed by atoms with van der Waals surface area (Å²) in [4.78, 5) is 16.9. The number of nitrogens with zero attached hydrogens (tertiary/aromatic N) is 1. The van der Waals surface area contributed by atoms with Crippen LogP contribution in [-0.2, 0) is 0 Å². The Kier molecular flexibility index (Phi) is 4.60. The molecule has 0 atom stereocenters. The topological polar surface area (TPSA) is 55.1 Å². The molecule has 2 aromatic carbocycles. The van der Waals surface area contributed by atoms with Gasteiger partial charge in [-0.1, -0.05) is 36.4 Å². The fourth-order valence-electron chi connectivity index (χ4n) is 2.82. The molecule has 0 bridgehead atoms. The minimum Gasteiger partial charge on any atom is -0.456 e. The van der Waals surface area contributed by atoms with Gasteiger partial charge in [0.2, 0.25) is 0 Å². The lowest BCUT2D eigenvalue weighted by molar-refractivity contribution is 0.0995. The maximum atomic E-state index is 12.2. The zero-order valence-electron chi connectivity index (χ0n) is 15.0. The molecule has 27 heavy (non-hydrogen) atoms. The average molecular weight is 374 g/mol. The van der Waals surface area contributed by atoms with Crippen molar-refractivity contribution in [3.63, 3.8) is 0 Å². The summed E-state index contributed by atoms with van der Waals surface area (Å²) in [6.07, 6.45) is 0. The normalized spacial score (nSPS) is 10.7. The van der Waals surface area contributed by atoms with Crippen LogP contribution in [0.3, 0.4) is 0 Å². The maximum absolute atomic E-state index is 12.2. The number of carbonyl (C=O) groups excluding carboxylic acids is 1. The van der Waals surface area contributed by atoms with Crippen molar-refractivity contribution in [1.29, 1.82) is 0 Å². The van der Waals surface area contributed by atoms with E-state index >= 15 is 0 Å². The SMILES string of the molecule is Cc1ccc(C(=O)Nc2ccc(-c3csc(-c4ccccc4C)n3)cc2)o1. The molecule has 0 fully saturated rings. The standard InChI is InChI=1S/C22H18N2O2S/c1-14-5-3-4-6-18(14)22-24-19(13-27-22)16-8-10-17(11-9-16)23-21(25)20-12-7-15(2)26-20/h3-13H,1-2H3,(H,23,25). The number of rotatable bonds is 4. The Balaban J connectivity index is 1.51. The molecule has 134 valence electrons. The van der Waals surface area contributed by atoms with E-state index in [1.807, 2.05) is 43.3 Å². The van der Waals surface area contributed by atoms with Gasteiger partial charge in [-0.05, 0) is 43.7 Å². The Bertz CT molecular complexity index is 1090. The first-order chi connectivity index (χ1) is 13.1. The fourth-order valence-corrected chi connectivity index (χ4v) is 3.74. The van der Waals surface area contributed by atoms with E-state index in [0.29, 0.717) is 17.2 Å². The lowest BCUT2D eigenvalue weighted by Crippen LogP contribution is -2.10. The number of aryl methyl sites for hydroxylation is 2. The number of carbonyl (C=O) groups is 1. The number of aromatic nitrogens is 1. The van der Waals surface area contributed by atoms with Crippen LogP contribution < -0.4 is 5.32 Å². The van der Waals surface area contributed by atoms with Gasteiger partial charge in [0.25, 0.3) is 5.91 Å². The second-order valence-electron chi connectivity index (χ2n) is 6.29. The number of furan rings is 1. The fraction of sp³-hybridized carbons (Fsp3) is 0.0909. The molecule has 1 N–H and O–H groups in total. The summed E-state index contributed by atoms with van der Waals surface area (Å²) in [6.45, 7) is 3.90. The van der Waals surface area contributed by atoms with Crippen LogP contribution in [0, 0.1) is 13.8 Å². The number of benzene rings is 2. The molecule has 0 unspecified atom stereocenters. The minimum atomic E-state index is -0.258. The van der Waals surface area contributed by atoms with Gasteiger partial charge in [0, 0.05) is 22.2 Å². The number of hydrogen-bond acceptors (Lipinski definition) is 4. The minimum absolute atomic E-state index is 0.258. The van der Waals surface area contributed by atoms with Gasteiger partial charge in [0.15, 0.2) is 5.76 Å². The Morgan fingerprint density at radius 1 is 1.00 bits per heavy atom. The van der Waals surface area contributed by atoms with Crippen LogP contribution >= 0.6 is 11.3 Å². The highest BCUT2D eigenvalue weighted by Crippen LogP contribution is 2.31. The molecule has 0 aliphatic carbocycles. The van der Waals surface area contributed by atoms with Crippen LogP contribution in [0.15, 0.2) is 70.5 Å². The van der Waals surface area contributed by atoms with Crippen LogP contribution in [0.5, 0.6) is 0 Å². The van der Waals surface area contributed by atoms with Crippen LogP contribution in [0.4, 0.5) is 5.69 Å². The first kappa shape index (κ1) is 17.2. The van der Waals surface area contributed by atoms with Crippen molar-refractivity contribution in [2.24, 2.45) is 0 Å². The molecule has 4 rings (SSSR count). The van der Waals surface area contributed by atoms with Crippen LogP contribution in [-0.4, -0.2) is 10.9 Å². The molecule has 0 aliphatic heterocycles. The van der Waals surface area contributed by atoms with E-state index in [4.69, 9.17) is 9.40 Å². The molecule has 4 aromatic rings. The molecule has 0 saturated heterocycles. The molecule has 0 aliphatic rings. The third-order valence-electron chi connectivity index (χ3n) is 4.28. The summed E-state index contributed by atoms with van der Waals surface area (Å²) in [5.74, 6) is 0.758. The van der Waals surface area contributed by atoms with Crippen molar-refractivity contribution in [2.75, 3.05) is 5.32 Å². The van der Waals surface area contributed by atoms with Gasteiger partial charge in [-0.3, -0.25) is 4.79 Å². The Morgan fingerprint density at radius 3 is 2.48 bits per heavy atom. The van der Waals surface area contributed by atoms with Crippen LogP contribution in [0.25, 0.3) is 21.8 Å². The largest absolute Gasteiger partial charge is 0.456 e. The number of hydrogen-bond donors (Lipinski definition) is 1. The predicted octanol–water partition coefficient (Wildman–Crippen LogP) is 5.94. The summed E-state index contributed by atoms with van der Waals surface area (Å²) in [5.41, 5.74) is 5.03. The highest BCUT2D eigenvalue weighted by molar-refractivity contribution is 7.13. The van der Waals surface area contributed by atoms with Crippen molar-refractivity contribution >= 4 is 22.9 Å². The summed E-state index contributed by atoms with van der Waals surface area (Å²) in [7, 11) is 0. The van der Waals surface area contributed by atoms with Crippen molar-refractivity contribution < 1.29 is 9.21 Å². The molecule has 1 amide bonds. The van der Waals surface area contributed by atoms with Gasteiger partial charge < -0.3 is 9.73 Å². The van der Waals surface area contributed by atoms with E-state index in [2.05, 4.69) is 29.8 Å². The zero-order valence-corrected chi connectivity index (χ0v) is 15.8. The number of thiazole rings is 1. The van der Waals surface area contributed by atoms with Crippen LogP contribution in [0.2, 0.25) is 0 Å². The molecule has 0 saturated carbocycles. The average Bonchev–Trinajstić information content (AvgIpc) is 3.32. The van der Waals surface area contributed by atoms with Gasteiger partial charge >= 0.3 is 0 Å². The molecule has 2 heterocycles. The van der Waals surface area contributed by atoms with Crippen molar-refractivity contribution in [1.82, 2.24) is 4.98 Å². The smallest absolute Gasteiger partial charge is 0.291 e. The molecular weight excluding hydrogens is 356 g/mol. The molecule has 5 heteroatoms. The van der Waals surface area contributed by atoms with Crippen molar-refractivity contribution in [3.05, 3.63) is 83.1 Å². The molecular formula is C22H18N2O2S. The van der Waals surface area contributed by atoms with E-state index < -0.39 is 0 Å². The lowest BCUT2D eigenvalue weighted by Gasteiger charge is -2.04. The summed E-state index contributed by atoms with van der Waals surface area (Å²) in [5, 5.41) is 5.90. The first-order valence-electron chi connectivity index (χ1n) is 8.60. The number of anilines is 1. The summed E-state index contributed by atoms with van der Waals surface area (Å²) >= 11 is 1.63. The maximum Gasteiger partial charge on any atom is 0.291 e. The van der Waals surface area contributed by atoms with Gasteiger partial charge in [0.1, 0.15) is 10.8 Å². The van der Waals surface area contributed by atoms with E-state index in [1.54, 1.807) is 23.5 Å². The van der Waals surface area contributed by atoms with E-state index in [0.717, 1.165) is 21.8 Å². The second-order valence-corrected chi connectivity index (χ2v) is 7.15. The predicted molar refractivity (Wildman–Crippen MR) is 109 cm³/mol. The molecule has 4 nitrogen and oxygen atoms in total. The Hall–Kier alpha value is -3.18. The van der Waals surface area contributed by atoms with Crippen molar-refractivity contribution in [3.8, 4) is 21.8 Å². The van der Waals surface area contributed by atoms with Gasteiger partial charge in [0.05, 0.1) is 5.69 Å². The Morgan fingerprint density at radius 2 is 1.78 bits per heavy atom. The second kappa shape index (κ2) is 7.21. The highest BCUT2D eigenvalue weighted by atomic mass is 32.1. The van der Waals surface area contributed by atoms with Crippen molar-refractivity contribution in [2.45, 2.75) is 13.8 Å². The highest BCUT2D eigenvalue weighted by Gasteiger charge is 2.11. The monoisotopic (exact) mass is 374 g/mol. The molecule has 0 radical (unpaired) electrons. The molecule has 0 spiro atoms. The van der Waals surface area contributed by atoms with Gasteiger partial charge in [-0.25, -0.2) is 4.98 Å². The first-order valence-corrected chi connectivity index (χ1v) is 9.48. The van der Waals surface area contributed by atoms with Gasteiger partial charge in [-0.15, -0.1) is 11.3 Å². The molecule has 2 aromatic heterocycles. The van der Waals surface area contributed by atoms with E-state index in [9.17, 15) is 4.79 Å². The zero-order chi connectivity index (χ0) is 18.8. The summed E-state index contributed by atoms with van der Waals surface area (Å²) < 4.78 is 5.34. The van der Waals surface area contributed by atoms with E-state index in [1.165, 1.54) is 5.56 Å². The lowest BCUT2D eigenvalue weighted by atomic mass is 10.1.